The molecular weight excluding hydrogens is 264 g/mol. The van der Waals surface area contributed by atoms with Crippen molar-refractivity contribution in [3.63, 3.8) is 0 Å². The minimum absolute atomic E-state index is 0.214. The molecule has 1 atom stereocenters. The van der Waals surface area contributed by atoms with Gasteiger partial charge in [0.1, 0.15) is 0 Å². The monoisotopic (exact) mass is 270 g/mol. The molecule has 0 amide bonds. The van der Waals surface area contributed by atoms with E-state index >= 15 is 0 Å². The number of nitro groups is 1. The Balaban J connectivity index is 2.60. The number of hydrogen-bond donors (Lipinski definition) is 0. The Morgan fingerprint density at radius 3 is 2.41 bits per heavy atom. The lowest BCUT2D eigenvalue weighted by atomic mass is 10.2. The van der Waals surface area contributed by atoms with Crippen LogP contribution in [0.2, 0.25) is 0 Å². The van der Waals surface area contributed by atoms with Crippen molar-refractivity contribution in [2.75, 3.05) is 0 Å². The van der Waals surface area contributed by atoms with E-state index in [1.165, 1.54) is 0 Å². The van der Waals surface area contributed by atoms with Crippen LogP contribution >= 0.6 is 0 Å². The average molecular weight is 270 g/mol. The van der Waals surface area contributed by atoms with Crippen molar-refractivity contribution in [3.05, 3.63) is 57.2 Å². The van der Waals surface area contributed by atoms with Gasteiger partial charge in [0.15, 0.2) is 0 Å². The maximum absolute atomic E-state index is 11.0. The molecule has 0 spiro atoms. The molecule has 0 saturated heterocycles. The smallest absolute Gasteiger partial charge is 0.358 e. The summed E-state index contributed by atoms with van der Waals surface area (Å²) in [6.45, 7) is 0. The highest BCUT2D eigenvalue weighted by molar-refractivity contribution is 8.43. The van der Waals surface area contributed by atoms with Crippen molar-refractivity contribution in [2.45, 2.75) is 0 Å². The Morgan fingerprint density at radius 2 is 1.88 bits per heavy atom. The van der Waals surface area contributed by atoms with E-state index < -0.39 is 29.5 Å². The summed E-state index contributed by atoms with van der Waals surface area (Å²) in [7, 11) is -3.80. The van der Waals surface area contributed by atoms with Crippen molar-refractivity contribution in [2.24, 2.45) is 4.99 Å². The quantitative estimate of drug-likeness (QED) is 0.590. The summed E-state index contributed by atoms with van der Waals surface area (Å²) in [6.07, 6.45) is 0. The highest BCUT2D eigenvalue weighted by Gasteiger charge is 2.28. The third-order valence-corrected chi connectivity index (χ3v) is 5.04. The van der Waals surface area contributed by atoms with E-state index in [1.807, 2.05) is 0 Å². The van der Waals surface area contributed by atoms with Crippen LogP contribution in [0.25, 0.3) is 0 Å². The van der Waals surface area contributed by atoms with Crippen LogP contribution in [0.5, 0.6) is 0 Å². The highest BCUT2D eigenvalue weighted by Crippen LogP contribution is 2.18. The van der Waals surface area contributed by atoms with Crippen LogP contribution in [-0.4, -0.2) is 18.4 Å². The summed E-state index contributed by atoms with van der Waals surface area (Å²) in [5, 5.41) is 11.9. The molecule has 0 saturated carbocycles. The lowest BCUT2D eigenvalue weighted by molar-refractivity contribution is -0.425. The number of benzene rings is 1. The van der Waals surface area contributed by atoms with Gasteiger partial charge in [-0.15, -0.1) is 0 Å². The van der Waals surface area contributed by atoms with Crippen molar-refractivity contribution < 1.29 is 13.3 Å². The molecule has 1 unspecified atom stereocenters. The first kappa shape index (κ1) is 11.7. The molecule has 8 heteroatoms. The summed E-state index contributed by atoms with van der Waals surface area (Å²) in [4.78, 5) is 13.6. The summed E-state index contributed by atoms with van der Waals surface area (Å²) >= 11 is 0. The van der Waals surface area contributed by atoms with E-state index in [1.54, 1.807) is 30.3 Å². The van der Waals surface area contributed by atoms with Crippen LogP contribution in [-0.2, 0) is 18.7 Å². The van der Waals surface area contributed by atoms with Crippen molar-refractivity contribution in [1.82, 2.24) is 0 Å². The summed E-state index contributed by atoms with van der Waals surface area (Å²) in [5.74, 6) is -0.420. The van der Waals surface area contributed by atoms with Gasteiger partial charge >= 0.3 is 5.82 Å². The lowest BCUT2D eigenvalue weighted by Gasteiger charge is -1.94. The first-order valence-corrected chi connectivity index (χ1v) is 7.30. The fraction of sp³-hybridized carbons (Fsp3) is 0. The van der Waals surface area contributed by atoms with Gasteiger partial charge in [-0.1, -0.05) is 18.2 Å². The molecule has 0 fully saturated rings. The zero-order chi connectivity index (χ0) is 12.4. The van der Waals surface area contributed by atoms with Gasteiger partial charge < -0.3 is 10.1 Å². The zero-order valence-corrected chi connectivity index (χ0v) is 9.94. The molecule has 0 aliphatic carbocycles. The summed E-state index contributed by atoms with van der Waals surface area (Å²) in [6, 6.07) is 8.55. The molecule has 1 aromatic carbocycles. The number of nitrogens with zero attached hydrogens (tertiary/aromatic N) is 2. The van der Waals surface area contributed by atoms with Crippen LogP contribution < -0.4 is 0 Å². The van der Waals surface area contributed by atoms with Gasteiger partial charge in [-0.2, -0.15) is 8.42 Å². The lowest BCUT2D eigenvalue weighted by Crippen LogP contribution is -2.03. The van der Waals surface area contributed by atoms with Gasteiger partial charge in [-0.05, 0) is 22.0 Å². The third kappa shape index (κ3) is 2.32. The second kappa shape index (κ2) is 4.60. The maximum atomic E-state index is 11.0. The molecular formula is C9H6N2O4S2. The van der Waals surface area contributed by atoms with Crippen LogP contribution in [0.15, 0.2) is 46.6 Å². The summed E-state index contributed by atoms with van der Waals surface area (Å²) in [5.41, 5.74) is 0.577. The standard InChI is InChI=1S/C9H6N2O4S2/c12-11(13)8-6-16(17(14)15)9(10-8)7-4-2-1-3-5-7/h1-6H. The summed E-state index contributed by atoms with van der Waals surface area (Å²) < 4.78 is 22.0. The molecule has 1 aromatic rings. The molecule has 0 aromatic heterocycles. The van der Waals surface area contributed by atoms with Crippen LogP contribution in [0.1, 0.15) is 5.56 Å². The molecule has 1 heterocycles. The SMILES string of the molecule is O=[N+]([O-])C1=CS(=S(=O)=O)C(c2ccccc2)=N1. The predicted molar refractivity (Wildman–Crippen MR) is 64.3 cm³/mol. The molecule has 0 radical (unpaired) electrons. The second-order valence-electron chi connectivity index (χ2n) is 3.02. The first-order chi connectivity index (χ1) is 8.09. The molecule has 0 bridgehead atoms. The molecule has 0 N–H and O–H groups in total. The average Bonchev–Trinajstić information content (AvgIpc) is 2.75. The molecule has 1 aliphatic heterocycles. The van der Waals surface area contributed by atoms with E-state index in [2.05, 4.69) is 4.99 Å². The van der Waals surface area contributed by atoms with Crippen molar-refractivity contribution in [1.29, 1.82) is 0 Å². The highest BCUT2D eigenvalue weighted by atomic mass is 32.9. The van der Waals surface area contributed by atoms with E-state index in [9.17, 15) is 18.5 Å². The molecule has 2 rings (SSSR count). The van der Waals surface area contributed by atoms with Crippen LogP contribution in [0, 0.1) is 10.1 Å². The first-order valence-electron chi connectivity index (χ1n) is 4.43. The minimum atomic E-state index is -2.44. The molecule has 1 aliphatic rings. The zero-order valence-electron chi connectivity index (χ0n) is 8.31. The van der Waals surface area contributed by atoms with Crippen molar-refractivity contribution >= 4 is 23.8 Å². The van der Waals surface area contributed by atoms with Gasteiger partial charge in [-0.25, -0.2) is 0 Å². The van der Waals surface area contributed by atoms with E-state index in [0.717, 1.165) is 5.41 Å². The van der Waals surface area contributed by atoms with Gasteiger partial charge in [0.25, 0.3) is 9.26 Å². The normalized spacial score (nSPS) is 18.5. The largest absolute Gasteiger partial charge is 0.371 e. The van der Waals surface area contributed by atoms with E-state index in [-0.39, 0.29) is 5.04 Å². The Labute approximate surface area is 99.6 Å². The van der Waals surface area contributed by atoms with Crippen molar-refractivity contribution in [3.8, 4) is 0 Å². The van der Waals surface area contributed by atoms with Gasteiger partial charge in [0.05, 0.1) is 5.41 Å². The minimum Gasteiger partial charge on any atom is -0.358 e. The molecule has 88 valence electrons. The topological polar surface area (TPSA) is 89.6 Å². The van der Waals surface area contributed by atoms with Gasteiger partial charge in [0.2, 0.25) is 5.04 Å². The predicted octanol–water partition coefficient (Wildman–Crippen LogP) is 0.935. The molecule has 17 heavy (non-hydrogen) atoms. The molecule has 6 nitrogen and oxygen atoms in total. The third-order valence-electron chi connectivity index (χ3n) is 1.97. The van der Waals surface area contributed by atoms with Gasteiger partial charge in [-0.3, -0.25) is 0 Å². The Morgan fingerprint density at radius 1 is 1.24 bits per heavy atom. The Bertz CT molecular complexity index is 666. The van der Waals surface area contributed by atoms with Gasteiger partial charge in [0, 0.05) is 15.0 Å². The second-order valence-corrected chi connectivity index (χ2v) is 6.54. The fourth-order valence-corrected chi connectivity index (χ4v) is 3.76. The number of hydrogen-bond acceptors (Lipinski definition) is 5. The number of rotatable bonds is 2. The Kier molecular flexibility index (Phi) is 3.16. The maximum Gasteiger partial charge on any atom is 0.371 e. The van der Waals surface area contributed by atoms with E-state index in [0.29, 0.717) is 5.56 Å². The fourth-order valence-electron chi connectivity index (χ4n) is 1.28. The Hall–Kier alpha value is -1.80. The number of aliphatic imine (C=N–C) groups is 1. The van der Waals surface area contributed by atoms with E-state index in [4.69, 9.17) is 0 Å². The van der Waals surface area contributed by atoms with Crippen LogP contribution in [0.3, 0.4) is 0 Å². The van der Waals surface area contributed by atoms with Crippen LogP contribution in [0.4, 0.5) is 0 Å².